The van der Waals surface area contributed by atoms with Gasteiger partial charge in [0.15, 0.2) is 5.16 Å². The maximum atomic E-state index is 14.0. The molecule has 0 atom stereocenters. The fourth-order valence-corrected chi connectivity index (χ4v) is 3.49. The van der Waals surface area contributed by atoms with Crippen LogP contribution in [0.3, 0.4) is 0 Å². The topological polar surface area (TPSA) is 73.8 Å². The van der Waals surface area contributed by atoms with Crippen LogP contribution >= 0.6 is 11.8 Å². The fraction of sp³-hybridized carbons (Fsp3) is 0.467. The Labute approximate surface area is 137 Å². The third-order valence-corrected chi connectivity index (χ3v) is 4.73. The van der Waals surface area contributed by atoms with Crippen LogP contribution in [0.5, 0.6) is 0 Å². The second-order valence-electron chi connectivity index (χ2n) is 5.88. The zero-order chi connectivity index (χ0) is 16.6. The van der Waals surface area contributed by atoms with Crippen LogP contribution in [0.15, 0.2) is 23.4 Å². The van der Waals surface area contributed by atoms with Gasteiger partial charge in [0.25, 0.3) is 5.69 Å². The molecule has 1 aliphatic carbocycles. The van der Waals surface area contributed by atoms with Crippen molar-refractivity contribution in [3.63, 3.8) is 0 Å². The minimum Gasteiger partial charge on any atom is -0.303 e. The molecule has 1 fully saturated rings. The summed E-state index contributed by atoms with van der Waals surface area (Å²) in [5.41, 5.74) is -0.0991. The summed E-state index contributed by atoms with van der Waals surface area (Å²) in [6.45, 7) is 4.11. The predicted octanol–water partition coefficient (Wildman–Crippen LogP) is 4.08. The molecule has 2 aromatic rings. The molecule has 1 aliphatic rings. The van der Waals surface area contributed by atoms with E-state index < -0.39 is 10.7 Å². The number of halogens is 1. The van der Waals surface area contributed by atoms with Gasteiger partial charge >= 0.3 is 0 Å². The first-order chi connectivity index (χ1) is 11.0. The van der Waals surface area contributed by atoms with Gasteiger partial charge in [0.1, 0.15) is 11.6 Å². The standard InChI is InChI=1S/C15H17FN4O2S/c1-9(2)14-17-18-15(19(14)10-6-7-10)23-8-11-12(16)4-3-5-13(11)20(21)22/h3-5,9-10H,6-8H2,1-2H3. The molecular weight excluding hydrogens is 319 g/mol. The van der Waals surface area contributed by atoms with Crippen molar-refractivity contribution in [2.24, 2.45) is 0 Å². The molecule has 0 radical (unpaired) electrons. The molecule has 6 nitrogen and oxygen atoms in total. The van der Waals surface area contributed by atoms with E-state index in [1.54, 1.807) is 0 Å². The van der Waals surface area contributed by atoms with Crippen molar-refractivity contribution in [3.05, 3.63) is 45.5 Å². The largest absolute Gasteiger partial charge is 0.303 e. The van der Waals surface area contributed by atoms with E-state index in [-0.39, 0.29) is 22.9 Å². The van der Waals surface area contributed by atoms with Crippen LogP contribution in [0.4, 0.5) is 10.1 Å². The summed E-state index contributed by atoms with van der Waals surface area (Å²) in [4.78, 5) is 10.5. The number of hydrogen-bond donors (Lipinski definition) is 0. The quantitative estimate of drug-likeness (QED) is 0.451. The Morgan fingerprint density at radius 1 is 1.43 bits per heavy atom. The Balaban J connectivity index is 1.86. The first-order valence-electron chi connectivity index (χ1n) is 7.48. The van der Waals surface area contributed by atoms with E-state index in [1.165, 1.54) is 30.0 Å². The lowest BCUT2D eigenvalue weighted by Gasteiger charge is -2.10. The van der Waals surface area contributed by atoms with Crippen LogP contribution in [-0.4, -0.2) is 19.7 Å². The highest BCUT2D eigenvalue weighted by molar-refractivity contribution is 7.98. The molecule has 1 aromatic carbocycles. The highest BCUT2D eigenvalue weighted by Crippen LogP contribution is 2.41. The van der Waals surface area contributed by atoms with Crippen molar-refractivity contribution in [2.45, 2.75) is 49.6 Å². The molecular formula is C15H17FN4O2S. The fourth-order valence-electron chi connectivity index (χ4n) is 2.45. The van der Waals surface area contributed by atoms with Crippen molar-refractivity contribution in [1.29, 1.82) is 0 Å². The monoisotopic (exact) mass is 336 g/mol. The van der Waals surface area contributed by atoms with Crippen molar-refractivity contribution >= 4 is 17.4 Å². The van der Waals surface area contributed by atoms with Crippen LogP contribution in [0.2, 0.25) is 0 Å². The Morgan fingerprint density at radius 3 is 2.78 bits per heavy atom. The molecule has 0 N–H and O–H groups in total. The van der Waals surface area contributed by atoms with Crippen LogP contribution in [0.25, 0.3) is 0 Å². The van der Waals surface area contributed by atoms with Crippen molar-refractivity contribution in [3.8, 4) is 0 Å². The Hall–Kier alpha value is -1.96. The second-order valence-corrected chi connectivity index (χ2v) is 6.82. The number of nitro groups is 1. The molecule has 23 heavy (non-hydrogen) atoms. The number of nitrogens with zero attached hydrogens (tertiary/aromatic N) is 4. The zero-order valence-electron chi connectivity index (χ0n) is 12.9. The molecule has 8 heteroatoms. The summed E-state index contributed by atoms with van der Waals surface area (Å²) in [6.07, 6.45) is 2.18. The lowest BCUT2D eigenvalue weighted by molar-refractivity contribution is -0.385. The molecule has 1 aromatic heterocycles. The summed E-state index contributed by atoms with van der Waals surface area (Å²) in [5, 5.41) is 20.2. The molecule has 122 valence electrons. The summed E-state index contributed by atoms with van der Waals surface area (Å²) in [5.74, 6) is 0.762. The number of thioether (sulfide) groups is 1. The van der Waals surface area contributed by atoms with Gasteiger partial charge in [-0.15, -0.1) is 10.2 Å². The highest BCUT2D eigenvalue weighted by Gasteiger charge is 2.31. The number of hydrogen-bond acceptors (Lipinski definition) is 5. The zero-order valence-corrected chi connectivity index (χ0v) is 13.7. The van der Waals surface area contributed by atoms with Gasteiger partial charge in [-0.05, 0) is 18.9 Å². The summed E-state index contributed by atoms with van der Waals surface area (Å²) >= 11 is 1.30. The van der Waals surface area contributed by atoms with Crippen molar-refractivity contribution in [2.75, 3.05) is 0 Å². The van der Waals surface area contributed by atoms with Gasteiger partial charge in [-0.3, -0.25) is 10.1 Å². The molecule has 1 saturated carbocycles. The Morgan fingerprint density at radius 2 is 2.17 bits per heavy atom. The van der Waals surface area contributed by atoms with Gasteiger partial charge in [-0.25, -0.2) is 4.39 Å². The molecule has 0 unspecified atom stereocenters. The van der Waals surface area contributed by atoms with Gasteiger partial charge in [0.05, 0.1) is 10.5 Å². The average molecular weight is 336 g/mol. The van der Waals surface area contributed by atoms with Crippen molar-refractivity contribution in [1.82, 2.24) is 14.8 Å². The van der Waals surface area contributed by atoms with Gasteiger partial charge in [0.2, 0.25) is 0 Å². The average Bonchev–Trinajstić information content (AvgIpc) is 3.25. The minimum absolute atomic E-state index is 0.0962. The van der Waals surface area contributed by atoms with Gasteiger partial charge < -0.3 is 4.57 Å². The lowest BCUT2D eigenvalue weighted by atomic mass is 10.2. The third-order valence-electron chi connectivity index (χ3n) is 3.76. The molecule has 0 amide bonds. The molecule has 0 spiro atoms. The SMILES string of the molecule is CC(C)c1nnc(SCc2c(F)cccc2[N+](=O)[O-])n1C1CC1. The number of nitro benzene ring substituents is 1. The summed E-state index contributed by atoms with van der Waals surface area (Å²) in [6, 6.07) is 4.32. The van der Waals surface area contributed by atoms with Crippen LogP contribution in [0, 0.1) is 15.9 Å². The number of benzene rings is 1. The summed E-state index contributed by atoms with van der Waals surface area (Å²) in [7, 11) is 0. The van der Waals surface area contributed by atoms with Crippen LogP contribution in [0.1, 0.15) is 50.0 Å². The van der Waals surface area contributed by atoms with E-state index in [0.29, 0.717) is 11.2 Å². The van der Waals surface area contributed by atoms with E-state index in [0.717, 1.165) is 18.7 Å². The first-order valence-corrected chi connectivity index (χ1v) is 8.47. The van der Waals surface area contributed by atoms with E-state index in [2.05, 4.69) is 28.6 Å². The molecule has 1 heterocycles. The second kappa shape index (κ2) is 6.27. The molecule has 3 rings (SSSR count). The van der Waals surface area contributed by atoms with Gasteiger partial charge in [-0.1, -0.05) is 31.7 Å². The van der Waals surface area contributed by atoms with Crippen molar-refractivity contribution < 1.29 is 9.31 Å². The maximum Gasteiger partial charge on any atom is 0.276 e. The molecule has 0 saturated heterocycles. The van der Waals surface area contributed by atoms with Gasteiger partial charge in [-0.2, -0.15) is 0 Å². The molecule has 0 bridgehead atoms. The van der Waals surface area contributed by atoms with E-state index in [1.807, 2.05) is 0 Å². The van der Waals surface area contributed by atoms with E-state index in [4.69, 9.17) is 0 Å². The lowest BCUT2D eigenvalue weighted by Crippen LogP contribution is -2.05. The number of rotatable bonds is 6. The number of aromatic nitrogens is 3. The van der Waals surface area contributed by atoms with Crippen LogP contribution < -0.4 is 0 Å². The van der Waals surface area contributed by atoms with E-state index in [9.17, 15) is 14.5 Å². The Kier molecular flexibility index (Phi) is 4.34. The normalized spacial score (nSPS) is 14.4. The third kappa shape index (κ3) is 3.21. The Bertz CT molecular complexity index is 743. The minimum atomic E-state index is -0.562. The smallest absolute Gasteiger partial charge is 0.276 e. The predicted molar refractivity (Wildman–Crippen MR) is 85.0 cm³/mol. The highest BCUT2D eigenvalue weighted by atomic mass is 32.2. The molecule has 0 aliphatic heterocycles. The summed E-state index contributed by atoms with van der Waals surface area (Å²) < 4.78 is 16.1. The van der Waals surface area contributed by atoms with E-state index >= 15 is 0 Å². The first kappa shape index (κ1) is 15.9. The van der Waals surface area contributed by atoms with Crippen LogP contribution in [-0.2, 0) is 5.75 Å². The maximum absolute atomic E-state index is 14.0. The van der Waals surface area contributed by atoms with Gasteiger partial charge in [0, 0.05) is 23.8 Å².